The van der Waals surface area contributed by atoms with Gasteiger partial charge in [0.25, 0.3) is 0 Å². The first-order valence-electron chi connectivity index (χ1n) is 5.11. The van der Waals surface area contributed by atoms with Gasteiger partial charge in [0.15, 0.2) is 9.84 Å². The number of rotatable bonds is 1. The van der Waals surface area contributed by atoms with Gasteiger partial charge < -0.3 is 0 Å². The van der Waals surface area contributed by atoms with Crippen LogP contribution in [0.4, 0.5) is 0 Å². The molecule has 0 bridgehead atoms. The fourth-order valence-electron chi connectivity index (χ4n) is 2.15. The van der Waals surface area contributed by atoms with Crippen molar-refractivity contribution in [3.8, 4) is 6.07 Å². The fraction of sp³-hybridized carbons (Fsp3) is 0.600. The fourth-order valence-corrected chi connectivity index (χ4v) is 3.84. The molecule has 86 valence electrons. The van der Waals surface area contributed by atoms with Crippen molar-refractivity contribution in [2.45, 2.75) is 26.3 Å². The van der Waals surface area contributed by atoms with Crippen molar-refractivity contribution < 1.29 is 8.42 Å². The molecular weight excluding hydrogens is 226 g/mol. The predicted octanol–water partition coefficient (Wildman–Crippen LogP) is 0.731. The van der Waals surface area contributed by atoms with E-state index in [4.69, 9.17) is 5.26 Å². The topological polar surface area (TPSA) is 75.8 Å². The molecule has 5 nitrogen and oxygen atoms in total. The lowest BCUT2D eigenvalue weighted by molar-refractivity contribution is 0.486. The summed E-state index contributed by atoms with van der Waals surface area (Å²) in [6.07, 6.45) is 0.592. The van der Waals surface area contributed by atoms with E-state index in [-0.39, 0.29) is 17.5 Å². The normalized spacial score (nSPS) is 23.2. The second kappa shape index (κ2) is 3.59. The van der Waals surface area contributed by atoms with E-state index in [9.17, 15) is 8.42 Å². The Labute approximate surface area is 94.6 Å². The summed E-state index contributed by atoms with van der Waals surface area (Å²) in [5.74, 6) is 0.359. The molecule has 2 heterocycles. The van der Waals surface area contributed by atoms with Crippen LogP contribution in [0.2, 0.25) is 0 Å². The SMILES string of the molecule is Cc1nn(C2CCS(=O)(=O)C2)c(C)c1C#N. The Morgan fingerprint density at radius 3 is 2.62 bits per heavy atom. The summed E-state index contributed by atoms with van der Waals surface area (Å²) in [6.45, 7) is 3.58. The van der Waals surface area contributed by atoms with Gasteiger partial charge in [0.1, 0.15) is 6.07 Å². The predicted molar refractivity (Wildman–Crippen MR) is 58.7 cm³/mol. The highest BCUT2D eigenvalue weighted by molar-refractivity contribution is 7.91. The van der Waals surface area contributed by atoms with Gasteiger partial charge >= 0.3 is 0 Å². The quantitative estimate of drug-likeness (QED) is 0.724. The number of hydrogen-bond donors (Lipinski definition) is 0. The Kier molecular flexibility index (Phi) is 2.50. The smallest absolute Gasteiger partial charge is 0.152 e. The van der Waals surface area contributed by atoms with E-state index in [1.807, 2.05) is 6.92 Å². The molecule has 6 heteroatoms. The van der Waals surface area contributed by atoms with E-state index in [2.05, 4.69) is 11.2 Å². The van der Waals surface area contributed by atoms with Crippen molar-refractivity contribution in [3.05, 3.63) is 17.0 Å². The molecule has 2 rings (SSSR count). The van der Waals surface area contributed by atoms with Crippen molar-refractivity contribution in [1.29, 1.82) is 5.26 Å². The maximum Gasteiger partial charge on any atom is 0.152 e. The van der Waals surface area contributed by atoms with E-state index < -0.39 is 9.84 Å². The van der Waals surface area contributed by atoms with Crippen LogP contribution in [0.15, 0.2) is 0 Å². The third-order valence-corrected chi connectivity index (χ3v) is 4.74. The molecule has 0 radical (unpaired) electrons. The van der Waals surface area contributed by atoms with Gasteiger partial charge in [-0.15, -0.1) is 0 Å². The largest absolute Gasteiger partial charge is 0.264 e. The Morgan fingerprint density at radius 1 is 1.50 bits per heavy atom. The van der Waals surface area contributed by atoms with Crippen molar-refractivity contribution in [3.63, 3.8) is 0 Å². The Bertz CT molecular complexity index is 566. The Morgan fingerprint density at radius 2 is 2.19 bits per heavy atom. The molecule has 0 spiro atoms. The van der Waals surface area contributed by atoms with Gasteiger partial charge in [0.2, 0.25) is 0 Å². The third kappa shape index (κ3) is 1.71. The minimum atomic E-state index is -2.91. The molecule has 1 aliphatic rings. The van der Waals surface area contributed by atoms with Gasteiger partial charge in [-0.1, -0.05) is 0 Å². The zero-order valence-corrected chi connectivity index (χ0v) is 10.1. The molecule has 16 heavy (non-hydrogen) atoms. The molecule has 1 atom stereocenters. The van der Waals surface area contributed by atoms with Crippen LogP contribution in [-0.2, 0) is 9.84 Å². The highest BCUT2D eigenvalue weighted by Crippen LogP contribution is 2.26. The molecule has 0 N–H and O–H groups in total. The lowest BCUT2D eigenvalue weighted by Crippen LogP contribution is -2.13. The van der Waals surface area contributed by atoms with Crippen molar-refractivity contribution in [2.24, 2.45) is 0 Å². The van der Waals surface area contributed by atoms with Crippen molar-refractivity contribution in [2.75, 3.05) is 11.5 Å². The van der Waals surface area contributed by atoms with Crippen LogP contribution in [0, 0.1) is 25.2 Å². The van der Waals surface area contributed by atoms with Crippen LogP contribution < -0.4 is 0 Å². The molecule has 1 aromatic rings. The van der Waals surface area contributed by atoms with Gasteiger partial charge in [-0.25, -0.2) is 8.42 Å². The Balaban J connectivity index is 2.41. The maximum atomic E-state index is 11.4. The number of aromatic nitrogens is 2. The molecular formula is C10H13N3O2S. The van der Waals surface area contributed by atoms with Crippen LogP contribution in [-0.4, -0.2) is 29.7 Å². The molecule has 1 fully saturated rings. The standard InChI is InChI=1S/C10H13N3O2S/c1-7-10(5-11)8(2)13(12-7)9-3-4-16(14,15)6-9/h9H,3-4,6H2,1-2H3. The van der Waals surface area contributed by atoms with Crippen LogP contribution >= 0.6 is 0 Å². The minimum Gasteiger partial charge on any atom is -0.264 e. The third-order valence-electron chi connectivity index (χ3n) is 2.99. The minimum absolute atomic E-state index is 0.106. The van der Waals surface area contributed by atoms with Crippen molar-refractivity contribution >= 4 is 9.84 Å². The molecule has 0 aliphatic carbocycles. The number of hydrogen-bond acceptors (Lipinski definition) is 4. The lowest BCUT2D eigenvalue weighted by Gasteiger charge is -2.10. The van der Waals surface area contributed by atoms with Crippen LogP contribution in [0.5, 0.6) is 0 Å². The van der Waals surface area contributed by atoms with Gasteiger partial charge in [-0.05, 0) is 20.3 Å². The average Bonchev–Trinajstić information content (AvgIpc) is 2.68. The highest BCUT2D eigenvalue weighted by Gasteiger charge is 2.31. The number of sulfone groups is 1. The molecule has 1 unspecified atom stereocenters. The molecule has 0 saturated carbocycles. The van der Waals surface area contributed by atoms with Crippen LogP contribution in [0.25, 0.3) is 0 Å². The number of nitriles is 1. The zero-order chi connectivity index (χ0) is 11.9. The summed E-state index contributed by atoms with van der Waals surface area (Å²) >= 11 is 0. The van der Waals surface area contributed by atoms with E-state index >= 15 is 0 Å². The number of aryl methyl sites for hydroxylation is 1. The molecule has 0 aromatic carbocycles. The lowest BCUT2D eigenvalue weighted by atomic mass is 10.2. The van der Waals surface area contributed by atoms with E-state index in [1.54, 1.807) is 11.6 Å². The van der Waals surface area contributed by atoms with Gasteiger partial charge in [-0.2, -0.15) is 10.4 Å². The molecule has 1 saturated heterocycles. The molecule has 0 amide bonds. The summed E-state index contributed by atoms with van der Waals surface area (Å²) in [5, 5.41) is 13.2. The second-order valence-electron chi connectivity index (χ2n) is 4.16. The Hall–Kier alpha value is -1.35. The first-order chi connectivity index (χ1) is 7.44. The molecule has 1 aromatic heterocycles. The second-order valence-corrected chi connectivity index (χ2v) is 6.39. The van der Waals surface area contributed by atoms with E-state index in [1.165, 1.54) is 0 Å². The summed E-state index contributed by atoms with van der Waals surface area (Å²) in [4.78, 5) is 0. The highest BCUT2D eigenvalue weighted by atomic mass is 32.2. The van der Waals surface area contributed by atoms with Crippen LogP contribution in [0.3, 0.4) is 0 Å². The van der Waals surface area contributed by atoms with Gasteiger partial charge in [0, 0.05) is 0 Å². The van der Waals surface area contributed by atoms with Gasteiger partial charge in [0.05, 0.1) is 34.5 Å². The van der Waals surface area contributed by atoms with E-state index in [0.717, 1.165) is 5.69 Å². The first-order valence-corrected chi connectivity index (χ1v) is 6.93. The summed E-state index contributed by atoms with van der Waals surface area (Å²) in [5.41, 5.74) is 2.00. The summed E-state index contributed by atoms with van der Waals surface area (Å²) < 4.78 is 24.5. The first kappa shape index (κ1) is 11.1. The average molecular weight is 239 g/mol. The van der Waals surface area contributed by atoms with E-state index in [0.29, 0.717) is 17.7 Å². The zero-order valence-electron chi connectivity index (χ0n) is 9.27. The molecule has 1 aliphatic heterocycles. The van der Waals surface area contributed by atoms with Crippen molar-refractivity contribution in [1.82, 2.24) is 9.78 Å². The maximum absolute atomic E-state index is 11.4. The number of nitrogens with zero attached hydrogens (tertiary/aromatic N) is 3. The monoisotopic (exact) mass is 239 g/mol. The summed E-state index contributed by atoms with van der Waals surface area (Å²) in [7, 11) is -2.91. The van der Waals surface area contributed by atoms with Gasteiger partial charge in [-0.3, -0.25) is 4.68 Å². The summed E-state index contributed by atoms with van der Waals surface area (Å²) in [6, 6.07) is 1.99. The van der Waals surface area contributed by atoms with Crippen LogP contribution in [0.1, 0.15) is 29.4 Å².